The summed E-state index contributed by atoms with van der Waals surface area (Å²) in [6, 6.07) is 0. The van der Waals surface area contributed by atoms with Crippen LogP contribution in [0.1, 0.15) is 6.92 Å². The van der Waals surface area contributed by atoms with E-state index in [1.165, 1.54) is 6.92 Å². The highest BCUT2D eigenvalue weighted by Crippen LogP contribution is 2.12. The molecule has 8 heavy (non-hydrogen) atoms. The third-order valence-electron chi connectivity index (χ3n) is 1.39. The summed E-state index contributed by atoms with van der Waals surface area (Å²) in [5.41, 5.74) is 0. The standard InChI is InChI=1S/C5H8FNO/c1-3(6)4-2-7-5(4)8/h3-4H,2H2,1H3,(H,7,8)/t3-,4?/m1/s1. The van der Waals surface area contributed by atoms with Crippen molar-refractivity contribution in [2.24, 2.45) is 5.92 Å². The second-order valence-electron chi connectivity index (χ2n) is 2.03. The van der Waals surface area contributed by atoms with Crippen LogP contribution in [-0.4, -0.2) is 18.6 Å². The van der Waals surface area contributed by atoms with E-state index in [1.807, 2.05) is 0 Å². The lowest BCUT2D eigenvalue weighted by Crippen LogP contribution is -2.52. The molecule has 46 valence electrons. The van der Waals surface area contributed by atoms with Gasteiger partial charge in [0.05, 0.1) is 5.92 Å². The van der Waals surface area contributed by atoms with Gasteiger partial charge in [0.25, 0.3) is 0 Å². The molecule has 1 heterocycles. The molecule has 0 saturated carbocycles. The topological polar surface area (TPSA) is 29.1 Å². The number of nitrogens with one attached hydrogen (secondary N) is 1. The molecule has 0 bridgehead atoms. The van der Waals surface area contributed by atoms with Crippen molar-refractivity contribution in [1.29, 1.82) is 0 Å². The molecule has 1 unspecified atom stereocenters. The lowest BCUT2D eigenvalue weighted by Gasteiger charge is -2.26. The Morgan fingerprint density at radius 1 is 2.00 bits per heavy atom. The highest BCUT2D eigenvalue weighted by Gasteiger charge is 2.32. The summed E-state index contributed by atoms with van der Waals surface area (Å²) in [5.74, 6) is -0.519. The zero-order chi connectivity index (χ0) is 6.15. The highest BCUT2D eigenvalue weighted by atomic mass is 19.1. The van der Waals surface area contributed by atoms with E-state index in [1.54, 1.807) is 0 Å². The first kappa shape index (κ1) is 5.54. The van der Waals surface area contributed by atoms with E-state index in [0.717, 1.165) is 0 Å². The Bertz CT molecular complexity index is 113. The third-order valence-corrected chi connectivity index (χ3v) is 1.39. The van der Waals surface area contributed by atoms with Crippen molar-refractivity contribution in [3.63, 3.8) is 0 Å². The van der Waals surface area contributed by atoms with Crippen LogP contribution in [0.15, 0.2) is 0 Å². The van der Waals surface area contributed by atoms with Gasteiger partial charge < -0.3 is 5.32 Å². The van der Waals surface area contributed by atoms with Crippen molar-refractivity contribution in [3.05, 3.63) is 0 Å². The molecule has 2 atom stereocenters. The fourth-order valence-corrected chi connectivity index (χ4v) is 0.674. The van der Waals surface area contributed by atoms with E-state index in [-0.39, 0.29) is 11.8 Å². The van der Waals surface area contributed by atoms with Crippen LogP contribution in [0.25, 0.3) is 0 Å². The molecule has 0 aromatic heterocycles. The van der Waals surface area contributed by atoms with E-state index >= 15 is 0 Å². The monoisotopic (exact) mass is 117 g/mol. The van der Waals surface area contributed by atoms with Crippen LogP contribution < -0.4 is 5.32 Å². The zero-order valence-electron chi connectivity index (χ0n) is 4.65. The number of carbonyl (C=O) groups excluding carboxylic acids is 1. The number of hydrogen-bond donors (Lipinski definition) is 1. The van der Waals surface area contributed by atoms with Crippen molar-refractivity contribution < 1.29 is 9.18 Å². The number of β-lactam (4-membered cyclic amide) rings is 1. The number of halogens is 1. The van der Waals surface area contributed by atoms with Crippen LogP contribution in [-0.2, 0) is 4.79 Å². The van der Waals surface area contributed by atoms with Gasteiger partial charge >= 0.3 is 0 Å². The predicted octanol–water partition coefficient (Wildman–Crippen LogP) is 0.0904. The molecule has 1 fully saturated rings. The van der Waals surface area contributed by atoms with Crippen molar-refractivity contribution in [3.8, 4) is 0 Å². The summed E-state index contributed by atoms with van der Waals surface area (Å²) < 4.78 is 12.1. The summed E-state index contributed by atoms with van der Waals surface area (Å²) in [5, 5.41) is 2.46. The molecule has 1 aliphatic heterocycles. The lowest BCUT2D eigenvalue weighted by atomic mass is 9.98. The van der Waals surface area contributed by atoms with Gasteiger partial charge in [0, 0.05) is 6.54 Å². The van der Waals surface area contributed by atoms with Gasteiger partial charge in [-0.15, -0.1) is 0 Å². The Morgan fingerprint density at radius 2 is 2.62 bits per heavy atom. The van der Waals surface area contributed by atoms with Crippen molar-refractivity contribution in [2.75, 3.05) is 6.54 Å². The van der Waals surface area contributed by atoms with Crippen molar-refractivity contribution in [1.82, 2.24) is 5.32 Å². The first-order valence-electron chi connectivity index (χ1n) is 2.63. The normalized spacial score (nSPS) is 30.8. The molecule has 1 aliphatic rings. The predicted molar refractivity (Wildman–Crippen MR) is 27.1 cm³/mol. The van der Waals surface area contributed by atoms with Crippen LogP contribution in [0.5, 0.6) is 0 Å². The minimum atomic E-state index is -0.983. The molecule has 0 aromatic rings. The van der Waals surface area contributed by atoms with Gasteiger partial charge in [-0.25, -0.2) is 4.39 Å². The molecule has 2 nitrogen and oxygen atoms in total. The molecule has 0 radical (unpaired) electrons. The maximum Gasteiger partial charge on any atom is 0.227 e. The third kappa shape index (κ3) is 0.680. The minimum Gasteiger partial charge on any atom is -0.355 e. The molecule has 3 heteroatoms. The Labute approximate surface area is 47.1 Å². The largest absolute Gasteiger partial charge is 0.355 e. The summed E-state index contributed by atoms with van der Waals surface area (Å²) in [7, 11) is 0. The fraction of sp³-hybridized carbons (Fsp3) is 0.800. The molecule has 0 spiro atoms. The molecule has 0 aromatic carbocycles. The quantitative estimate of drug-likeness (QED) is 0.484. The highest BCUT2D eigenvalue weighted by molar-refractivity contribution is 5.84. The fourth-order valence-electron chi connectivity index (χ4n) is 0.674. The van der Waals surface area contributed by atoms with E-state index in [4.69, 9.17) is 0 Å². The minimum absolute atomic E-state index is 0.153. The number of rotatable bonds is 1. The van der Waals surface area contributed by atoms with Gasteiger partial charge in [-0.1, -0.05) is 0 Å². The average Bonchev–Trinajstić information content (AvgIpc) is 1.61. The SMILES string of the molecule is C[C@@H](F)C1CNC1=O. The second kappa shape index (κ2) is 1.73. The maximum atomic E-state index is 12.1. The van der Waals surface area contributed by atoms with Gasteiger partial charge in [-0.05, 0) is 6.92 Å². The van der Waals surface area contributed by atoms with Crippen molar-refractivity contribution >= 4 is 5.91 Å². The number of amides is 1. The van der Waals surface area contributed by atoms with Crippen LogP contribution in [0.3, 0.4) is 0 Å². The van der Waals surface area contributed by atoms with Crippen LogP contribution in [0, 0.1) is 5.92 Å². The summed E-state index contributed by atoms with van der Waals surface area (Å²) in [6.45, 7) is 1.92. The van der Waals surface area contributed by atoms with E-state index in [2.05, 4.69) is 5.32 Å². The Morgan fingerprint density at radius 3 is 2.62 bits per heavy atom. The van der Waals surface area contributed by atoms with Crippen LogP contribution in [0.2, 0.25) is 0 Å². The van der Waals surface area contributed by atoms with E-state index in [0.29, 0.717) is 6.54 Å². The summed E-state index contributed by atoms with van der Waals surface area (Å²) in [6.07, 6.45) is -0.983. The molecular formula is C5H8FNO. The van der Waals surface area contributed by atoms with Gasteiger partial charge in [0.15, 0.2) is 0 Å². The molecule has 1 saturated heterocycles. The van der Waals surface area contributed by atoms with Crippen LogP contribution in [0.4, 0.5) is 4.39 Å². The Balaban J connectivity index is 2.37. The number of hydrogen-bond acceptors (Lipinski definition) is 1. The first-order valence-corrected chi connectivity index (χ1v) is 2.63. The first-order chi connectivity index (χ1) is 3.72. The molecule has 0 aliphatic carbocycles. The summed E-state index contributed by atoms with van der Waals surface area (Å²) in [4.78, 5) is 10.3. The van der Waals surface area contributed by atoms with E-state index < -0.39 is 6.17 Å². The molecule has 1 amide bonds. The zero-order valence-corrected chi connectivity index (χ0v) is 4.65. The van der Waals surface area contributed by atoms with Crippen LogP contribution >= 0.6 is 0 Å². The second-order valence-corrected chi connectivity index (χ2v) is 2.03. The van der Waals surface area contributed by atoms with E-state index in [9.17, 15) is 9.18 Å². The Kier molecular flexibility index (Phi) is 1.19. The van der Waals surface area contributed by atoms with Gasteiger partial charge in [0.2, 0.25) is 5.91 Å². The smallest absolute Gasteiger partial charge is 0.227 e. The Hall–Kier alpha value is -0.600. The number of carbonyl (C=O) groups is 1. The van der Waals surface area contributed by atoms with Gasteiger partial charge in [-0.3, -0.25) is 4.79 Å². The molecular weight excluding hydrogens is 109 g/mol. The maximum absolute atomic E-state index is 12.1. The lowest BCUT2D eigenvalue weighted by molar-refractivity contribution is -0.133. The van der Waals surface area contributed by atoms with Gasteiger partial charge in [0.1, 0.15) is 6.17 Å². The summed E-state index contributed by atoms with van der Waals surface area (Å²) >= 11 is 0. The molecule has 1 rings (SSSR count). The van der Waals surface area contributed by atoms with Gasteiger partial charge in [-0.2, -0.15) is 0 Å². The molecule has 1 N–H and O–H groups in total. The van der Waals surface area contributed by atoms with Crippen molar-refractivity contribution in [2.45, 2.75) is 13.1 Å². The average molecular weight is 117 g/mol. The number of alkyl halides is 1.